The quantitative estimate of drug-likeness (QED) is 0.274. The highest BCUT2D eigenvalue weighted by molar-refractivity contribution is 5.91. The Morgan fingerprint density at radius 1 is 0.775 bits per heavy atom. The minimum Gasteiger partial charge on any atom is -0.508 e. The monoisotopic (exact) mass is 528 g/mol. The summed E-state index contributed by atoms with van der Waals surface area (Å²) in [4.78, 5) is 22.2. The number of piperazine rings is 1. The number of aromatic hydroxyl groups is 1. The van der Waals surface area contributed by atoms with Gasteiger partial charge in [0.05, 0.1) is 22.2 Å². The number of anilines is 1. The molecular formula is C32H28N6O2. The van der Waals surface area contributed by atoms with Crippen molar-refractivity contribution in [2.75, 3.05) is 31.1 Å². The number of H-pyrrole nitrogens is 1. The van der Waals surface area contributed by atoms with Crippen LogP contribution < -0.4 is 9.64 Å². The van der Waals surface area contributed by atoms with Crippen molar-refractivity contribution in [3.05, 3.63) is 103 Å². The Balaban J connectivity index is 1.04. The molecule has 0 atom stereocenters. The van der Waals surface area contributed by atoms with E-state index in [1.54, 1.807) is 30.6 Å². The van der Waals surface area contributed by atoms with Crippen molar-refractivity contribution in [3.8, 4) is 28.6 Å². The molecule has 1 aliphatic rings. The first kappa shape index (κ1) is 24.1. The van der Waals surface area contributed by atoms with Gasteiger partial charge in [-0.25, -0.2) is 4.98 Å². The number of phenols is 1. The van der Waals surface area contributed by atoms with E-state index in [0.29, 0.717) is 11.5 Å². The fourth-order valence-corrected chi connectivity index (χ4v) is 5.29. The molecule has 0 amide bonds. The molecule has 0 unspecified atom stereocenters. The Hall–Kier alpha value is -4.95. The third-order valence-corrected chi connectivity index (χ3v) is 7.33. The third kappa shape index (κ3) is 4.92. The van der Waals surface area contributed by atoms with Crippen LogP contribution >= 0.6 is 0 Å². The lowest BCUT2D eigenvalue weighted by Gasteiger charge is -2.36. The molecule has 0 aliphatic carbocycles. The lowest BCUT2D eigenvalue weighted by atomic mass is 10.1. The van der Waals surface area contributed by atoms with Crippen LogP contribution in [-0.2, 0) is 6.54 Å². The number of nitrogens with zero attached hydrogens (tertiary/aromatic N) is 5. The second-order valence-corrected chi connectivity index (χ2v) is 10.0. The number of aromatic nitrogens is 4. The van der Waals surface area contributed by atoms with Crippen LogP contribution in [-0.4, -0.2) is 56.1 Å². The van der Waals surface area contributed by atoms with Crippen LogP contribution in [0.2, 0.25) is 0 Å². The summed E-state index contributed by atoms with van der Waals surface area (Å²) in [6.07, 6.45) is 3.48. The predicted molar refractivity (Wildman–Crippen MR) is 157 cm³/mol. The number of nitrogens with one attached hydrogen (secondary N) is 1. The van der Waals surface area contributed by atoms with Crippen LogP contribution in [0.15, 0.2) is 97.3 Å². The average molecular weight is 529 g/mol. The molecule has 0 bridgehead atoms. The average Bonchev–Trinajstić information content (AvgIpc) is 3.43. The number of benzene rings is 4. The van der Waals surface area contributed by atoms with Gasteiger partial charge in [-0.1, -0.05) is 18.2 Å². The van der Waals surface area contributed by atoms with Gasteiger partial charge in [0, 0.05) is 56.7 Å². The first-order chi connectivity index (χ1) is 19.7. The molecular weight excluding hydrogens is 500 g/mol. The maximum Gasteiger partial charge on any atom is 0.138 e. The maximum atomic E-state index is 9.67. The van der Waals surface area contributed by atoms with Crippen LogP contribution in [0.1, 0.15) is 5.56 Å². The van der Waals surface area contributed by atoms with Gasteiger partial charge in [-0.15, -0.1) is 0 Å². The van der Waals surface area contributed by atoms with Gasteiger partial charge in [0.2, 0.25) is 0 Å². The smallest absolute Gasteiger partial charge is 0.138 e. The van der Waals surface area contributed by atoms with Crippen molar-refractivity contribution in [2.24, 2.45) is 0 Å². The van der Waals surface area contributed by atoms with Crippen LogP contribution in [0.25, 0.3) is 33.5 Å². The van der Waals surface area contributed by atoms with Gasteiger partial charge in [0.1, 0.15) is 28.6 Å². The van der Waals surface area contributed by atoms with Gasteiger partial charge in [0.15, 0.2) is 0 Å². The van der Waals surface area contributed by atoms with E-state index in [1.165, 1.54) is 5.56 Å². The van der Waals surface area contributed by atoms with Gasteiger partial charge in [0.25, 0.3) is 0 Å². The van der Waals surface area contributed by atoms with Crippen molar-refractivity contribution in [3.63, 3.8) is 0 Å². The second-order valence-electron chi connectivity index (χ2n) is 10.0. The molecule has 7 rings (SSSR count). The molecule has 0 spiro atoms. The van der Waals surface area contributed by atoms with Crippen LogP contribution in [0, 0.1) is 0 Å². The number of hydrogen-bond acceptors (Lipinski definition) is 7. The number of fused-ring (bicyclic) bond motifs is 2. The fourth-order valence-electron chi connectivity index (χ4n) is 5.29. The summed E-state index contributed by atoms with van der Waals surface area (Å²) in [6, 6.07) is 27.3. The maximum absolute atomic E-state index is 9.67. The summed E-state index contributed by atoms with van der Waals surface area (Å²) >= 11 is 0. The first-order valence-corrected chi connectivity index (χ1v) is 13.4. The molecule has 0 saturated carbocycles. The first-order valence-electron chi connectivity index (χ1n) is 13.4. The van der Waals surface area contributed by atoms with E-state index in [1.807, 2.05) is 30.3 Å². The predicted octanol–water partition coefficient (Wildman–Crippen LogP) is 5.99. The zero-order valence-electron chi connectivity index (χ0n) is 21.9. The van der Waals surface area contributed by atoms with E-state index in [2.05, 4.69) is 61.1 Å². The van der Waals surface area contributed by atoms with E-state index in [4.69, 9.17) is 9.72 Å². The number of hydrogen-bond donors (Lipinski definition) is 2. The molecule has 6 aromatic rings. The van der Waals surface area contributed by atoms with Crippen LogP contribution in [0.4, 0.5) is 5.69 Å². The number of rotatable bonds is 6. The lowest BCUT2D eigenvalue weighted by molar-refractivity contribution is 0.250. The van der Waals surface area contributed by atoms with E-state index in [-0.39, 0.29) is 5.75 Å². The van der Waals surface area contributed by atoms with Gasteiger partial charge in [-0.05, 0) is 66.2 Å². The largest absolute Gasteiger partial charge is 0.508 e. The highest BCUT2D eigenvalue weighted by Gasteiger charge is 2.20. The Morgan fingerprint density at radius 2 is 1.57 bits per heavy atom. The van der Waals surface area contributed by atoms with Gasteiger partial charge < -0.3 is 19.7 Å². The zero-order valence-corrected chi connectivity index (χ0v) is 21.9. The number of imidazole rings is 1. The van der Waals surface area contributed by atoms with Crippen LogP contribution in [0.5, 0.6) is 17.2 Å². The van der Waals surface area contributed by atoms with Crippen molar-refractivity contribution >= 4 is 27.8 Å². The normalized spacial score (nSPS) is 14.2. The lowest BCUT2D eigenvalue weighted by Crippen LogP contribution is -2.46. The molecule has 8 nitrogen and oxygen atoms in total. The Kier molecular flexibility index (Phi) is 6.22. The molecule has 2 aromatic heterocycles. The third-order valence-electron chi connectivity index (χ3n) is 7.33. The summed E-state index contributed by atoms with van der Waals surface area (Å²) in [5, 5.41) is 9.67. The minimum atomic E-state index is 0.175. The van der Waals surface area contributed by atoms with Gasteiger partial charge in [-0.2, -0.15) is 0 Å². The number of aromatic amines is 1. The van der Waals surface area contributed by atoms with Gasteiger partial charge >= 0.3 is 0 Å². The molecule has 1 aliphatic heterocycles. The van der Waals surface area contributed by atoms with E-state index < -0.39 is 0 Å². The van der Waals surface area contributed by atoms with Crippen molar-refractivity contribution in [1.82, 2.24) is 24.8 Å². The molecule has 198 valence electrons. The summed E-state index contributed by atoms with van der Waals surface area (Å²) in [6.45, 7) is 4.74. The second kappa shape index (κ2) is 10.3. The number of phenolic OH excluding ortho intramolecular Hbond substituents is 1. The molecule has 3 heterocycles. The molecule has 4 aromatic carbocycles. The SMILES string of the molecule is Oc1cccc(Oc2ccc(-c3nc4c(N5CCN(Cc6ccc7nccnc7c6)CC5)cccc4[nH]3)cc2)c1. The molecule has 2 N–H and O–H groups in total. The summed E-state index contributed by atoms with van der Waals surface area (Å²) in [7, 11) is 0. The Bertz CT molecular complexity index is 1790. The number of para-hydroxylation sites is 1. The Morgan fingerprint density at radius 3 is 2.40 bits per heavy atom. The fraction of sp³-hybridized carbons (Fsp3) is 0.156. The van der Waals surface area contributed by atoms with Crippen molar-refractivity contribution < 1.29 is 9.84 Å². The molecule has 1 fully saturated rings. The standard InChI is InChI=1S/C32H28N6O2/c39-24-3-1-4-26(20-24)40-25-10-8-23(9-11-25)32-35-28-5-2-6-30(31(28)36-32)38-17-15-37(16-18-38)21-22-7-12-27-29(19-22)34-14-13-33-27/h1-14,19-20,39H,15-18,21H2,(H,35,36). The summed E-state index contributed by atoms with van der Waals surface area (Å²) in [5.41, 5.74) is 7.28. The van der Waals surface area contributed by atoms with Crippen LogP contribution in [0.3, 0.4) is 0 Å². The summed E-state index contributed by atoms with van der Waals surface area (Å²) < 4.78 is 5.87. The summed E-state index contributed by atoms with van der Waals surface area (Å²) in [5.74, 6) is 2.28. The minimum absolute atomic E-state index is 0.175. The topological polar surface area (TPSA) is 90.4 Å². The van der Waals surface area contributed by atoms with Crippen molar-refractivity contribution in [1.29, 1.82) is 0 Å². The highest BCUT2D eigenvalue weighted by Crippen LogP contribution is 2.31. The molecule has 8 heteroatoms. The number of ether oxygens (including phenoxy) is 1. The van der Waals surface area contributed by atoms with Crippen molar-refractivity contribution in [2.45, 2.75) is 6.54 Å². The Labute approximate surface area is 231 Å². The van der Waals surface area contributed by atoms with Gasteiger partial charge in [-0.3, -0.25) is 14.9 Å². The van der Waals surface area contributed by atoms with E-state index >= 15 is 0 Å². The zero-order chi connectivity index (χ0) is 26.9. The van der Waals surface area contributed by atoms with E-state index in [9.17, 15) is 5.11 Å². The molecule has 1 saturated heterocycles. The molecule has 40 heavy (non-hydrogen) atoms. The van der Waals surface area contributed by atoms with E-state index in [0.717, 1.165) is 71.9 Å². The molecule has 0 radical (unpaired) electrons. The highest BCUT2D eigenvalue weighted by atomic mass is 16.5.